The zero-order valence-corrected chi connectivity index (χ0v) is 12.0. The van der Waals surface area contributed by atoms with Gasteiger partial charge in [-0.05, 0) is 29.8 Å². The minimum atomic E-state index is -4.38. The first kappa shape index (κ1) is 15.1. The molecule has 0 aliphatic carbocycles. The fourth-order valence-corrected chi connectivity index (χ4v) is 2.15. The van der Waals surface area contributed by atoms with Gasteiger partial charge in [0.2, 0.25) is 0 Å². The zero-order chi connectivity index (χ0) is 16.3. The normalized spacial score (nSPS) is 11.4. The van der Waals surface area contributed by atoms with Gasteiger partial charge >= 0.3 is 6.18 Å². The Hall–Kier alpha value is -2.83. The van der Waals surface area contributed by atoms with E-state index in [4.69, 9.17) is 0 Å². The maximum absolute atomic E-state index is 12.5. The van der Waals surface area contributed by atoms with Gasteiger partial charge in [-0.15, -0.1) is 0 Å². The number of para-hydroxylation sites is 1. The number of alkyl halides is 3. The van der Waals surface area contributed by atoms with Crippen LogP contribution in [-0.2, 0) is 12.7 Å². The summed E-state index contributed by atoms with van der Waals surface area (Å²) in [6, 6.07) is 11.8. The smallest absolute Gasteiger partial charge is 0.366 e. The van der Waals surface area contributed by atoms with Crippen molar-refractivity contribution in [3.63, 3.8) is 0 Å². The Bertz CT molecular complexity index is 765. The van der Waals surface area contributed by atoms with E-state index in [-0.39, 0.29) is 0 Å². The predicted octanol–water partition coefficient (Wildman–Crippen LogP) is 3.90. The summed E-state index contributed by atoms with van der Waals surface area (Å²) in [6.07, 6.45) is -0.0448. The van der Waals surface area contributed by atoms with Gasteiger partial charge in [-0.2, -0.15) is 18.3 Å². The maximum Gasteiger partial charge on any atom is 0.417 e. The standard InChI is InChI=1S/C16H13F3N4/c17-16(18,19)13-6-7-15(21-11-13)20-10-12-4-1-2-5-14(12)23-9-3-8-22-23/h1-9,11H,10H2,(H,20,21). The van der Waals surface area contributed by atoms with Crippen molar-refractivity contribution in [2.75, 3.05) is 5.32 Å². The molecule has 0 fully saturated rings. The van der Waals surface area contributed by atoms with Crippen LogP contribution in [0, 0.1) is 0 Å². The van der Waals surface area contributed by atoms with Gasteiger partial charge in [-0.3, -0.25) is 0 Å². The minimum Gasteiger partial charge on any atom is -0.366 e. The Morgan fingerprint density at radius 3 is 2.52 bits per heavy atom. The van der Waals surface area contributed by atoms with E-state index in [9.17, 15) is 13.2 Å². The van der Waals surface area contributed by atoms with Gasteiger partial charge in [0.05, 0.1) is 11.3 Å². The Kier molecular flexibility index (Phi) is 4.01. The van der Waals surface area contributed by atoms with Crippen LogP contribution in [0.3, 0.4) is 0 Å². The molecule has 2 aromatic heterocycles. The summed E-state index contributed by atoms with van der Waals surface area (Å²) in [5, 5.41) is 7.21. The van der Waals surface area contributed by atoms with Crippen LogP contribution < -0.4 is 5.32 Å². The zero-order valence-electron chi connectivity index (χ0n) is 12.0. The van der Waals surface area contributed by atoms with E-state index in [1.165, 1.54) is 6.07 Å². The molecule has 118 valence electrons. The van der Waals surface area contributed by atoms with Gasteiger partial charge in [-0.1, -0.05) is 18.2 Å². The highest BCUT2D eigenvalue weighted by atomic mass is 19.4. The summed E-state index contributed by atoms with van der Waals surface area (Å²) >= 11 is 0. The molecule has 1 aromatic carbocycles. The average molecular weight is 318 g/mol. The van der Waals surface area contributed by atoms with Crippen molar-refractivity contribution >= 4 is 5.82 Å². The van der Waals surface area contributed by atoms with Crippen molar-refractivity contribution in [3.05, 3.63) is 72.2 Å². The summed E-state index contributed by atoms with van der Waals surface area (Å²) in [5.41, 5.74) is 1.09. The van der Waals surface area contributed by atoms with Gasteiger partial charge in [0.1, 0.15) is 5.82 Å². The van der Waals surface area contributed by atoms with E-state index < -0.39 is 11.7 Å². The molecule has 3 aromatic rings. The highest BCUT2D eigenvalue weighted by molar-refractivity contribution is 5.44. The molecule has 1 N–H and O–H groups in total. The summed E-state index contributed by atoms with van der Waals surface area (Å²) in [6.45, 7) is 0.425. The first-order valence-corrected chi connectivity index (χ1v) is 6.89. The molecular weight excluding hydrogens is 305 g/mol. The van der Waals surface area contributed by atoms with Crippen LogP contribution in [0.1, 0.15) is 11.1 Å². The third-order valence-corrected chi connectivity index (χ3v) is 3.29. The molecular formula is C16H13F3N4. The molecule has 0 saturated carbocycles. The monoisotopic (exact) mass is 318 g/mol. The van der Waals surface area contributed by atoms with Gasteiger partial charge in [0, 0.05) is 25.1 Å². The molecule has 7 heteroatoms. The average Bonchev–Trinajstić information content (AvgIpc) is 3.07. The molecule has 0 saturated heterocycles. The number of benzene rings is 1. The molecule has 2 heterocycles. The number of anilines is 1. The summed E-state index contributed by atoms with van der Waals surface area (Å²) in [4.78, 5) is 3.80. The number of nitrogens with zero attached hydrogens (tertiary/aromatic N) is 3. The van der Waals surface area contributed by atoms with Crippen LogP contribution in [-0.4, -0.2) is 14.8 Å². The quantitative estimate of drug-likeness (QED) is 0.793. The Morgan fingerprint density at radius 2 is 1.87 bits per heavy atom. The van der Waals surface area contributed by atoms with Crippen LogP contribution >= 0.6 is 0 Å². The largest absolute Gasteiger partial charge is 0.417 e. The molecule has 0 radical (unpaired) electrons. The molecule has 23 heavy (non-hydrogen) atoms. The first-order valence-electron chi connectivity index (χ1n) is 6.89. The second-order valence-corrected chi connectivity index (χ2v) is 4.86. The fourth-order valence-electron chi connectivity index (χ4n) is 2.15. The molecule has 0 bridgehead atoms. The molecule has 0 aliphatic heterocycles. The lowest BCUT2D eigenvalue weighted by Gasteiger charge is -2.12. The van der Waals surface area contributed by atoms with Crippen molar-refractivity contribution in [1.29, 1.82) is 0 Å². The van der Waals surface area contributed by atoms with Crippen LogP contribution in [0.5, 0.6) is 0 Å². The third-order valence-electron chi connectivity index (χ3n) is 3.29. The van der Waals surface area contributed by atoms with Gasteiger partial charge in [-0.25, -0.2) is 9.67 Å². The van der Waals surface area contributed by atoms with Gasteiger partial charge in [0.15, 0.2) is 0 Å². The highest BCUT2D eigenvalue weighted by Crippen LogP contribution is 2.28. The lowest BCUT2D eigenvalue weighted by Crippen LogP contribution is -2.08. The Balaban J connectivity index is 1.74. The van der Waals surface area contributed by atoms with Crippen molar-refractivity contribution in [3.8, 4) is 5.69 Å². The lowest BCUT2D eigenvalue weighted by atomic mass is 10.1. The number of nitrogens with one attached hydrogen (secondary N) is 1. The highest BCUT2D eigenvalue weighted by Gasteiger charge is 2.30. The van der Waals surface area contributed by atoms with Crippen molar-refractivity contribution in [1.82, 2.24) is 14.8 Å². The van der Waals surface area contributed by atoms with E-state index in [0.717, 1.165) is 23.5 Å². The van der Waals surface area contributed by atoms with E-state index in [2.05, 4.69) is 15.4 Å². The fraction of sp³-hybridized carbons (Fsp3) is 0.125. The summed E-state index contributed by atoms with van der Waals surface area (Å²) in [5.74, 6) is 0.383. The van der Waals surface area contributed by atoms with Crippen molar-refractivity contribution in [2.45, 2.75) is 12.7 Å². The van der Waals surface area contributed by atoms with E-state index in [0.29, 0.717) is 12.4 Å². The maximum atomic E-state index is 12.5. The number of aromatic nitrogens is 3. The number of hydrogen-bond donors (Lipinski definition) is 1. The van der Waals surface area contributed by atoms with Gasteiger partial charge < -0.3 is 5.32 Å². The second-order valence-electron chi connectivity index (χ2n) is 4.86. The first-order chi connectivity index (χ1) is 11.0. The predicted molar refractivity (Wildman–Crippen MR) is 80.1 cm³/mol. The lowest BCUT2D eigenvalue weighted by molar-refractivity contribution is -0.137. The minimum absolute atomic E-state index is 0.383. The van der Waals surface area contributed by atoms with Crippen LogP contribution in [0.4, 0.5) is 19.0 Å². The number of pyridine rings is 1. The Labute approximate surface area is 130 Å². The molecule has 0 spiro atoms. The van der Waals surface area contributed by atoms with Crippen molar-refractivity contribution < 1.29 is 13.2 Å². The number of halogens is 3. The SMILES string of the molecule is FC(F)(F)c1ccc(NCc2ccccc2-n2cccn2)nc1. The second kappa shape index (κ2) is 6.12. The molecule has 0 unspecified atom stereocenters. The molecule has 4 nitrogen and oxygen atoms in total. The van der Waals surface area contributed by atoms with E-state index >= 15 is 0 Å². The molecule has 0 aliphatic rings. The van der Waals surface area contributed by atoms with Crippen LogP contribution in [0.25, 0.3) is 5.69 Å². The number of rotatable bonds is 4. The Morgan fingerprint density at radius 1 is 1.04 bits per heavy atom. The number of hydrogen-bond acceptors (Lipinski definition) is 3. The van der Waals surface area contributed by atoms with Gasteiger partial charge in [0.25, 0.3) is 0 Å². The summed E-state index contributed by atoms with van der Waals surface area (Å²) in [7, 11) is 0. The molecule has 3 rings (SSSR count). The van der Waals surface area contributed by atoms with Crippen molar-refractivity contribution in [2.24, 2.45) is 0 Å². The molecule has 0 amide bonds. The van der Waals surface area contributed by atoms with Crippen LogP contribution in [0.15, 0.2) is 61.1 Å². The van der Waals surface area contributed by atoms with E-state index in [1.54, 1.807) is 10.9 Å². The van der Waals surface area contributed by atoms with E-state index in [1.807, 2.05) is 36.5 Å². The topological polar surface area (TPSA) is 42.7 Å². The summed E-state index contributed by atoms with van der Waals surface area (Å²) < 4.78 is 39.3. The molecule has 0 atom stereocenters. The third kappa shape index (κ3) is 3.50. The van der Waals surface area contributed by atoms with Crippen LogP contribution in [0.2, 0.25) is 0 Å².